The van der Waals surface area contributed by atoms with Crippen LogP contribution < -0.4 is 16.4 Å². The highest BCUT2D eigenvalue weighted by atomic mass is 16.2. The molecule has 4 aromatic rings. The molecule has 1 aliphatic heterocycles. The number of rotatable bonds is 12. The summed E-state index contributed by atoms with van der Waals surface area (Å²) < 4.78 is 0. The normalized spacial score (nSPS) is 16.7. The van der Waals surface area contributed by atoms with E-state index in [1.807, 2.05) is 72.8 Å². The summed E-state index contributed by atoms with van der Waals surface area (Å²) in [7, 11) is 3.38. The quantitative estimate of drug-likeness (QED) is 0.174. The van der Waals surface area contributed by atoms with Crippen LogP contribution in [0.3, 0.4) is 0 Å². The molecule has 0 aliphatic carbocycles. The summed E-state index contributed by atoms with van der Waals surface area (Å²) in [6.45, 7) is 8.93. The van der Waals surface area contributed by atoms with E-state index in [0.717, 1.165) is 40.3 Å². The van der Waals surface area contributed by atoms with Crippen molar-refractivity contribution >= 4 is 28.5 Å². The molecule has 5 rings (SSSR count). The maximum absolute atomic E-state index is 14.8. The van der Waals surface area contributed by atoms with Crippen molar-refractivity contribution in [1.29, 1.82) is 0 Å². The van der Waals surface area contributed by atoms with Crippen molar-refractivity contribution in [2.75, 3.05) is 14.1 Å². The minimum atomic E-state index is -0.862. The van der Waals surface area contributed by atoms with Gasteiger partial charge in [0.1, 0.15) is 12.1 Å². The van der Waals surface area contributed by atoms with Crippen LogP contribution in [0.4, 0.5) is 0 Å². The van der Waals surface area contributed by atoms with Gasteiger partial charge in [-0.05, 0) is 93.0 Å². The van der Waals surface area contributed by atoms with E-state index in [1.165, 1.54) is 4.90 Å². The third kappa shape index (κ3) is 9.17. The standard InChI is InChI=1S/C42H53N5O3/c1-41(2)26-35(27-42(3,4)45-41)44-38(48)36(22-20-29-13-8-7-9-14-29)46(5)40(50)37(25-30-19-21-32-16-10-11-17-33(32)23-30)47(6)39(49)34-18-12-15-31(24-34)28-43/h7-19,21,23-24,35-37,45H,20,22,25-28,43H2,1-6H3,(H,44,48)/t36-,37-/m1/s1. The molecule has 0 spiro atoms. The number of piperidine rings is 1. The molecule has 3 amide bonds. The monoisotopic (exact) mass is 675 g/mol. The fourth-order valence-electron chi connectivity index (χ4n) is 7.71. The fourth-order valence-corrected chi connectivity index (χ4v) is 7.71. The van der Waals surface area contributed by atoms with Gasteiger partial charge in [0.25, 0.3) is 5.91 Å². The maximum Gasteiger partial charge on any atom is 0.254 e. The Morgan fingerprint density at radius 3 is 2.08 bits per heavy atom. The van der Waals surface area contributed by atoms with Gasteiger partial charge in [-0.25, -0.2) is 0 Å². The summed E-state index contributed by atoms with van der Waals surface area (Å²) in [4.78, 5) is 46.2. The van der Waals surface area contributed by atoms with E-state index < -0.39 is 12.1 Å². The van der Waals surface area contributed by atoms with Crippen LogP contribution >= 0.6 is 0 Å². The molecule has 0 unspecified atom stereocenters. The van der Waals surface area contributed by atoms with Crippen LogP contribution in [-0.2, 0) is 29.0 Å². The van der Waals surface area contributed by atoms with E-state index >= 15 is 0 Å². The molecule has 0 aromatic heterocycles. The maximum atomic E-state index is 14.8. The molecule has 0 bridgehead atoms. The number of amides is 3. The summed E-state index contributed by atoms with van der Waals surface area (Å²) in [6, 6.07) is 29.8. The number of hydrogen-bond acceptors (Lipinski definition) is 5. The lowest BCUT2D eigenvalue weighted by molar-refractivity contribution is -0.142. The first-order valence-corrected chi connectivity index (χ1v) is 17.7. The molecule has 0 radical (unpaired) electrons. The first-order chi connectivity index (χ1) is 23.7. The van der Waals surface area contributed by atoms with Crippen molar-refractivity contribution < 1.29 is 14.4 Å². The first-order valence-electron chi connectivity index (χ1n) is 17.7. The van der Waals surface area contributed by atoms with Gasteiger partial charge in [0.15, 0.2) is 0 Å². The number of carbonyl (C=O) groups excluding carboxylic acids is 3. The first kappa shape index (κ1) is 36.7. The number of fused-ring (bicyclic) bond motifs is 1. The number of benzene rings is 4. The Bertz CT molecular complexity index is 1790. The molecule has 1 saturated heterocycles. The Morgan fingerprint density at radius 2 is 1.40 bits per heavy atom. The van der Waals surface area contributed by atoms with Crippen LogP contribution in [-0.4, -0.2) is 70.8 Å². The molecule has 264 valence electrons. The largest absolute Gasteiger partial charge is 0.351 e. The molecule has 50 heavy (non-hydrogen) atoms. The van der Waals surface area contributed by atoms with Gasteiger partial charge in [0.2, 0.25) is 11.8 Å². The average molecular weight is 676 g/mol. The molecular formula is C42H53N5O3. The Kier molecular flexibility index (Phi) is 11.4. The molecule has 2 atom stereocenters. The second kappa shape index (κ2) is 15.6. The van der Waals surface area contributed by atoms with E-state index in [1.54, 1.807) is 31.1 Å². The number of nitrogens with one attached hydrogen (secondary N) is 2. The number of likely N-dealkylation sites (N-methyl/N-ethyl adjacent to an activating group) is 2. The Morgan fingerprint density at radius 1 is 0.760 bits per heavy atom. The molecule has 4 N–H and O–H groups in total. The summed E-state index contributed by atoms with van der Waals surface area (Å²) in [5, 5.41) is 9.18. The molecule has 8 nitrogen and oxygen atoms in total. The summed E-state index contributed by atoms with van der Waals surface area (Å²) >= 11 is 0. The van der Waals surface area contributed by atoms with Gasteiger partial charge in [-0.3, -0.25) is 14.4 Å². The van der Waals surface area contributed by atoms with Gasteiger partial charge in [0, 0.05) is 49.7 Å². The predicted molar refractivity (Wildman–Crippen MR) is 202 cm³/mol. The van der Waals surface area contributed by atoms with Crippen molar-refractivity contribution in [1.82, 2.24) is 20.4 Å². The zero-order valence-electron chi connectivity index (χ0n) is 30.4. The SMILES string of the molecule is CN(C(=O)c1cccc(CN)c1)[C@H](Cc1ccc2ccccc2c1)C(=O)N(C)[C@H](CCc1ccccc1)C(=O)NC1CC(C)(C)NC(C)(C)C1. The number of aryl methyl sites for hydroxylation is 1. The highest BCUT2D eigenvalue weighted by Gasteiger charge is 2.40. The van der Waals surface area contributed by atoms with Gasteiger partial charge in [0.05, 0.1) is 0 Å². The lowest BCUT2D eigenvalue weighted by Crippen LogP contribution is -2.63. The molecule has 1 fully saturated rings. The van der Waals surface area contributed by atoms with Gasteiger partial charge in [-0.2, -0.15) is 0 Å². The molecule has 4 aromatic carbocycles. The van der Waals surface area contributed by atoms with Crippen LogP contribution in [0.15, 0.2) is 97.1 Å². The lowest BCUT2D eigenvalue weighted by atomic mass is 9.79. The number of hydrogen-bond donors (Lipinski definition) is 3. The predicted octanol–water partition coefficient (Wildman–Crippen LogP) is 5.87. The van der Waals surface area contributed by atoms with Crippen molar-refractivity contribution in [2.45, 2.75) is 95.5 Å². The van der Waals surface area contributed by atoms with Crippen molar-refractivity contribution in [2.24, 2.45) is 5.73 Å². The van der Waals surface area contributed by atoms with E-state index in [4.69, 9.17) is 5.73 Å². The molecule has 8 heteroatoms. The van der Waals surface area contributed by atoms with Gasteiger partial charge in [-0.15, -0.1) is 0 Å². The van der Waals surface area contributed by atoms with Crippen LogP contribution in [0.2, 0.25) is 0 Å². The van der Waals surface area contributed by atoms with E-state index in [9.17, 15) is 14.4 Å². The summed E-state index contributed by atoms with van der Waals surface area (Å²) in [5.41, 5.74) is 8.89. The second-order valence-corrected chi connectivity index (χ2v) is 15.2. The highest BCUT2D eigenvalue weighted by molar-refractivity contribution is 5.98. The topological polar surface area (TPSA) is 108 Å². The van der Waals surface area contributed by atoms with Crippen molar-refractivity contribution in [3.05, 3.63) is 119 Å². The average Bonchev–Trinajstić information content (AvgIpc) is 3.08. The molecule has 1 aliphatic rings. The van der Waals surface area contributed by atoms with Crippen LogP contribution in [0.1, 0.15) is 74.0 Å². The van der Waals surface area contributed by atoms with E-state index in [0.29, 0.717) is 24.9 Å². The third-order valence-electron chi connectivity index (χ3n) is 9.93. The van der Waals surface area contributed by atoms with Crippen LogP contribution in [0.5, 0.6) is 0 Å². The Labute approximate surface area is 297 Å². The molecular weight excluding hydrogens is 622 g/mol. The third-order valence-corrected chi connectivity index (χ3v) is 9.93. The number of nitrogens with zero attached hydrogens (tertiary/aromatic N) is 2. The zero-order chi connectivity index (χ0) is 36.1. The Hall–Kier alpha value is -4.53. The minimum absolute atomic E-state index is 0.0519. The lowest BCUT2D eigenvalue weighted by Gasteiger charge is -2.47. The zero-order valence-corrected chi connectivity index (χ0v) is 30.4. The Balaban J connectivity index is 1.47. The second-order valence-electron chi connectivity index (χ2n) is 15.2. The van der Waals surface area contributed by atoms with Gasteiger partial charge >= 0.3 is 0 Å². The minimum Gasteiger partial charge on any atom is -0.351 e. The van der Waals surface area contributed by atoms with Crippen LogP contribution in [0.25, 0.3) is 10.8 Å². The molecule has 0 saturated carbocycles. The summed E-state index contributed by atoms with van der Waals surface area (Å²) in [5.74, 6) is -0.746. The number of carbonyl (C=O) groups is 3. The number of nitrogens with two attached hydrogens (primary N) is 1. The van der Waals surface area contributed by atoms with E-state index in [2.05, 4.69) is 50.5 Å². The van der Waals surface area contributed by atoms with Crippen LogP contribution in [0, 0.1) is 0 Å². The highest BCUT2D eigenvalue weighted by Crippen LogP contribution is 2.29. The van der Waals surface area contributed by atoms with Gasteiger partial charge < -0.3 is 26.2 Å². The van der Waals surface area contributed by atoms with Gasteiger partial charge in [-0.1, -0.05) is 84.9 Å². The smallest absolute Gasteiger partial charge is 0.254 e. The summed E-state index contributed by atoms with van der Waals surface area (Å²) in [6.07, 6.45) is 2.89. The molecule has 1 heterocycles. The fraction of sp³-hybridized carbons (Fsp3) is 0.405. The van der Waals surface area contributed by atoms with E-state index in [-0.39, 0.29) is 41.3 Å². The van der Waals surface area contributed by atoms with Crippen molar-refractivity contribution in [3.8, 4) is 0 Å². The van der Waals surface area contributed by atoms with Crippen molar-refractivity contribution in [3.63, 3.8) is 0 Å².